The Hall–Kier alpha value is -1.99. The molecule has 26 heavy (non-hydrogen) atoms. The number of esters is 1. The highest BCUT2D eigenvalue weighted by Crippen LogP contribution is 2.46. The van der Waals surface area contributed by atoms with E-state index in [2.05, 4.69) is 0 Å². The average molecular weight is 366 g/mol. The Bertz CT molecular complexity index is 670. The maximum absolute atomic E-state index is 12.2. The molecule has 0 aliphatic carbocycles. The summed E-state index contributed by atoms with van der Waals surface area (Å²) in [6.45, 7) is 7.94. The predicted octanol–water partition coefficient (Wildman–Crippen LogP) is 3.00. The topological polar surface area (TPSA) is 72.5 Å². The van der Waals surface area contributed by atoms with E-state index >= 15 is 0 Å². The molecule has 1 aromatic rings. The first-order valence-electron chi connectivity index (χ1n) is 8.83. The molecule has 2 aliphatic heterocycles. The van der Waals surface area contributed by atoms with Crippen LogP contribution in [0.2, 0.25) is 0 Å². The minimum Gasteiger partial charge on any atom is -0.493 e. The summed E-state index contributed by atoms with van der Waals surface area (Å²) in [4.78, 5) is 12.2. The van der Waals surface area contributed by atoms with Crippen molar-refractivity contribution in [1.82, 2.24) is 0 Å². The maximum atomic E-state index is 12.2. The Morgan fingerprint density at radius 1 is 1.31 bits per heavy atom. The zero-order valence-electron chi connectivity index (χ0n) is 15.9. The molecule has 0 bridgehead atoms. The number of fused-ring (bicyclic) bond motifs is 1. The van der Waals surface area contributed by atoms with Gasteiger partial charge in [-0.3, -0.25) is 4.79 Å². The maximum Gasteiger partial charge on any atom is 0.306 e. The second-order valence-electron chi connectivity index (χ2n) is 6.88. The van der Waals surface area contributed by atoms with Crippen molar-refractivity contribution >= 4 is 5.97 Å². The van der Waals surface area contributed by atoms with Gasteiger partial charge in [0.15, 0.2) is 17.3 Å². The lowest BCUT2D eigenvalue weighted by Crippen LogP contribution is -2.30. The van der Waals surface area contributed by atoms with Gasteiger partial charge in [0.1, 0.15) is 0 Å². The van der Waals surface area contributed by atoms with E-state index in [0.29, 0.717) is 23.9 Å². The number of benzene rings is 1. The highest BCUT2D eigenvalue weighted by molar-refractivity contribution is 5.71. The summed E-state index contributed by atoms with van der Waals surface area (Å²) in [6, 6.07) is 3.73. The summed E-state index contributed by atoms with van der Waals surface area (Å²) in [5.74, 6) is 0.470. The molecule has 7 heteroatoms. The van der Waals surface area contributed by atoms with Crippen molar-refractivity contribution in [2.75, 3.05) is 20.5 Å². The van der Waals surface area contributed by atoms with E-state index < -0.39 is 5.79 Å². The van der Waals surface area contributed by atoms with Gasteiger partial charge >= 0.3 is 5.97 Å². The molecule has 1 fully saturated rings. The lowest BCUT2D eigenvalue weighted by Gasteiger charge is -2.26. The normalized spacial score (nSPS) is 24.3. The van der Waals surface area contributed by atoms with Crippen LogP contribution in [0.15, 0.2) is 12.1 Å². The summed E-state index contributed by atoms with van der Waals surface area (Å²) in [6.07, 6.45) is -0.314. The molecule has 0 amide bonds. The second-order valence-corrected chi connectivity index (χ2v) is 6.88. The Kier molecular flexibility index (Phi) is 5.29. The standard InChI is InChI=1S/C19H26O7/c1-6-22-16(20)9-13(17-11(2)25-19(3,4)26-17)12-7-14(21-5)18-15(8-12)23-10-24-18/h7-8,11,13,17H,6,9-10H2,1-5H3/t11-,13+,17+/m1/s1. The zero-order valence-corrected chi connectivity index (χ0v) is 15.9. The van der Waals surface area contributed by atoms with Gasteiger partial charge in [-0.1, -0.05) is 0 Å². The summed E-state index contributed by atoms with van der Waals surface area (Å²) >= 11 is 0. The van der Waals surface area contributed by atoms with Crippen LogP contribution in [0.5, 0.6) is 17.2 Å². The van der Waals surface area contributed by atoms with E-state index in [1.165, 1.54) is 0 Å². The van der Waals surface area contributed by atoms with E-state index in [4.69, 9.17) is 28.4 Å². The molecule has 1 saturated heterocycles. The van der Waals surface area contributed by atoms with Crippen LogP contribution in [0, 0.1) is 0 Å². The van der Waals surface area contributed by atoms with Crippen molar-refractivity contribution in [2.24, 2.45) is 0 Å². The average Bonchev–Trinajstić information content (AvgIpc) is 3.15. The van der Waals surface area contributed by atoms with E-state index in [1.807, 2.05) is 32.9 Å². The number of hydrogen-bond acceptors (Lipinski definition) is 7. The van der Waals surface area contributed by atoms with Gasteiger partial charge in [-0.2, -0.15) is 0 Å². The van der Waals surface area contributed by atoms with E-state index in [0.717, 1.165) is 5.56 Å². The molecule has 1 aromatic carbocycles. The zero-order chi connectivity index (χ0) is 18.9. The predicted molar refractivity (Wildman–Crippen MR) is 92.6 cm³/mol. The third-order valence-electron chi connectivity index (χ3n) is 4.55. The van der Waals surface area contributed by atoms with Gasteiger partial charge in [-0.05, 0) is 45.4 Å². The van der Waals surface area contributed by atoms with Crippen molar-refractivity contribution in [2.45, 2.75) is 58.0 Å². The largest absolute Gasteiger partial charge is 0.493 e. The van der Waals surface area contributed by atoms with Gasteiger partial charge in [0.2, 0.25) is 12.5 Å². The lowest BCUT2D eigenvalue weighted by atomic mass is 9.87. The van der Waals surface area contributed by atoms with Gasteiger partial charge in [0, 0.05) is 5.92 Å². The fraction of sp³-hybridized carbons (Fsp3) is 0.632. The molecule has 0 radical (unpaired) electrons. The van der Waals surface area contributed by atoms with Crippen molar-refractivity contribution < 1.29 is 33.2 Å². The fourth-order valence-electron chi connectivity index (χ4n) is 3.56. The SMILES string of the molecule is CCOC(=O)C[C@@H](c1cc(OC)c2c(c1)OCO2)[C@H]1OC(C)(C)O[C@@H]1C. The highest BCUT2D eigenvalue weighted by atomic mass is 16.8. The van der Waals surface area contributed by atoms with E-state index in [-0.39, 0.29) is 37.3 Å². The molecule has 2 aliphatic rings. The molecular formula is C19H26O7. The van der Waals surface area contributed by atoms with Gasteiger partial charge < -0.3 is 28.4 Å². The van der Waals surface area contributed by atoms with Gasteiger partial charge in [0.05, 0.1) is 32.3 Å². The van der Waals surface area contributed by atoms with E-state index in [9.17, 15) is 4.79 Å². The number of rotatable bonds is 6. The lowest BCUT2D eigenvalue weighted by molar-refractivity contribution is -0.152. The van der Waals surface area contributed by atoms with Crippen LogP contribution in [0.25, 0.3) is 0 Å². The quantitative estimate of drug-likeness (QED) is 0.717. The number of carbonyl (C=O) groups is 1. The smallest absolute Gasteiger partial charge is 0.306 e. The van der Waals surface area contributed by atoms with Crippen LogP contribution in [-0.4, -0.2) is 44.5 Å². The Labute approximate surface area is 153 Å². The van der Waals surface area contributed by atoms with Gasteiger partial charge in [-0.25, -0.2) is 0 Å². The molecule has 0 aromatic heterocycles. The molecule has 0 saturated carbocycles. The molecule has 2 heterocycles. The molecule has 3 atom stereocenters. The summed E-state index contributed by atoms with van der Waals surface area (Å²) in [5.41, 5.74) is 0.859. The van der Waals surface area contributed by atoms with Crippen LogP contribution < -0.4 is 14.2 Å². The Morgan fingerprint density at radius 3 is 2.69 bits per heavy atom. The fourth-order valence-corrected chi connectivity index (χ4v) is 3.56. The van der Waals surface area contributed by atoms with Gasteiger partial charge in [-0.15, -0.1) is 0 Å². The molecule has 0 spiro atoms. The number of methoxy groups -OCH3 is 1. The van der Waals surface area contributed by atoms with Crippen LogP contribution in [0.1, 0.15) is 45.6 Å². The molecule has 0 unspecified atom stereocenters. The number of hydrogen-bond donors (Lipinski definition) is 0. The first kappa shape index (κ1) is 18.8. The highest BCUT2D eigenvalue weighted by Gasteiger charge is 2.44. The summed E-state index contributed by atoms with van der Waals surface area (Å²) in [7, 11) is 1.57. The summed E-state index contributed by atoms with van der Waals surface area (Å²) in [5, 5.41) is 0. The third kappa shape index (κ3) is 3.73. The van der Waals surface area contributed by atoms with Crippen molar-refractivity contribution in [3.05, 3.63) is 17.7 Å². The number of carbonyl (C=O) groups excluding carboxylic acids is 1. The van der Waals surface area contributed by atoms with Crippen molar-refractivity contribution in [3.8, 4) is 17.2 Å². The molecular weight excluding hydrogens is 340 g/mol. The molecule has 0 N–H and O–H groups in total. The first-order valence-corrected chi connectivity index (χ1v) is 8.83. The van der Waals surface area contributed by atoms with Crippen molar-refractivity contribution in [1.29, 1.82) is 0 Å². The minimum atomic E-state index is -0.711. The van der Waals surface area contributed by atoms with Crippen LogP contribution in [-0.2, 0) is 19.0 Å². The van der Waals surface area contributed by atoms with Crippen LogP contribution in [0.3, 0.4) is 0 Å². The molecule has 3 rings (SSSR count). The third-order valence-corrected chi connectivity index (χ3v) is 4.55. The minimum absolute atomic E-state index is 0.143. The Balaban J connectivity index is 1.97. The first-order chi connectivity index (χ1) is 12.3. The van der Waals surface area contributed by atoms with E-state index in [1.54, 1.807) is 14.0 Å². The molecule has 144 valence electrons. The second kappa shape index (κ2) is 7.32. The number of ether oxygens (including phenoxy) is 6. The Morgan fingerprint density at radius 2 is 2.08 bits per heavy atom. The van der Waals surface area contributed by atoms with Crippen molar-refractivity contribution in [3.63, 3.8) is 0 Å². The van der Waals surface area contributed by atoms with Gasteiger partial charge in [0.25, 0.3) is 0 Å². The summed E-state index contributed by atoms with van der Waals surface area (Å²) < 4.78 is 33.6. The monoisotopic (exact) mass is 366 g/mol. The van der Waals surface area contributed by atoms with Crippen LogP contribution >= 0.6 is 0 Å². The molecule has 7 nitrogen and oxygen atoms in total. The van der Waals surface area contributed by atoms with Crippen LogP contribution in [0.4, 0.5) is 0 Å².